The van der Waals surface area contributed by atoms with E-state index in [0.717, 1.165) is 6.42 Å². The predicted octanol–water partition coefficient (Wildman–Crippen LogP) is 3.01. The number of allylic oxidation sites excluding steroid dienone is 2. The molecule has 0 aliphatic rings. The van der Waals surface area contributed by atoms with Crippen molar-refractivity contribution in [3.63, 3.8) is 0 Å². The number of hydrogen-bond acceptors (Lipinski definition) is 1. The summed E-state index contributed by atoms with van der Waals surface area (Å²) in [5, 5.41) is 0. The van der Waals surface area contributed by atoms with E-state index >= 15 is 0 Å². The van der Waals surface area contributed by atoms with Crippen LogP contribution in [0.4, 0.5) is 0 Å². The lowest BCUT2D eigenvalue weighted by molar-refractivity contribution is 0.556. The summed E-state index contributed by atoms with van der Waals surface area (Å²) in [6.45, 7) is 2.21. The molecule has 0 atom stereocenters. The van der Waals surface area contributed by atoms with Gasteiger partial charge in [0.25, 0.3) is 0 Å². The number of unbranched alkanes of at least 4 members (excludes halogenated alkanes) is 4. The Morgan fingerprint density at radius 1 is 1.18 bits per heavy atom. The molecule has 11 heavy (non-hydrogen) atoms. The second-order valence-corrected chi connectivity index (χ2v) is 2.67. The summed E-state index contributed by atoms with van der Waals surface area (Å²) in [6, 6.07) is 0. The minimum atomic E-state index is 0.452. The summed E-state index contributed by atoms with van der Waals surface area (Å²) in [7, 11) is 0. The average Bonchev–Trinajstić information content (AvgIpc) is 2.03. The standard InChI is InChI=1S/C10H17O/c1-2-3-4-5-6-7-8-9-10-11/h7-8H,2-6,9H2,1H3/b8-7-. The highest BCUT2D eigenvalue weighted by Gasteiger charge is 1.83. The van der Waals surface area contributed by atoms with Gasteiger partial charge < -0.3 is 0 Å². The molecule has 0 fully saturated rings. The highest BCUT2D eigenvalue weighted by molar-refractivity contribution is 5.52. The Hall–Kier alpha value is -0.590. The largest absolute Gasteiger partial charge is 0.291 e. The van der Waals surface area contributed by atoms with Crippen LogP contribution in [0, 0.1) is 0 Å². The minimum Gasteiger partial charge on any atom is -0.291 e. The van der Waals surface area contributed by atoms with Crippen molar-refractivity contribution in [1.29, 1.82) is 0 Å². The smallest absolute Gasteiger partial charge is 0.202 e. The van der Waals surface area contributed by atoms with Crippen LogP contribution >= 0.6 is 0 Å². The van der Waals surface area contributed by atoms with Crippen LogP contribution in [0.1, 0.15) is 45.4 Å². The fraction of sp³-hybridized carbons (Fsp3) is 0.700. The molecule has 0 unspecified atom stereocenters. The van der Waals surface area contributed by atoms with Gasteiger partial charge in [-0.05, 0) is 12.8 Å². The second-order valence-electron chi connectivity index (χ2n) is 2.67. The maximum atomic E-state index is 9.76. The van der Waals surface area contributed by atoms with Gasteiger partial charge in [-0.1, -0.05) is 38.3 Å². The number of hydrogen-bond donors (Lipinski definition) is 0. The van der Waals surface area contributed by atoms with Crippen LogP contribution in [0.3, 0.4) is 0 Å². The van der Waals surface area contributed by atoms with Crippen molar-refractivity contribution in [3.8, 4) is 0 Å². The summed E-state index contributed by atoms with van der Waals surface area (Å²) in [4.78, 5) is 9.76. The Kier molecular flexibility index (Phi) is 8.91. The van der Waals surface area contributed by atoms with Crippen LogP contribution < -0.4 is 0 Å². The lowest BCUT2D eigenvalue weighted by Gasteiger charge is -1.92. The van der Waals surface area contributed by atoms with E-state index in [1.807, 2.05) is 12.4 Å². The van der Waals surface area contributed by atoms with Crippen molar-refractivity contribution < 1.29 is 4.79 Å². The fourth-order valence-electron chi connectivity index (χ4n) is 0.938. The maximum Gasteiger partial charge on any atom is 0.202 e. The molecule has 0 aliphatic heterocycles. The van der Waals surface area contributed by atoms with E-state index in [4.69, 9.17) is 0 Å². The van der Waals surface area contributed by atoms with Gasteiger partial charge in [0.1, 0.15) is 0 Å². The third-order valence-corrected chi connectivity index (χ3v) is 1.59. The third-order valence-electron chi connectivity index (χ3n) is 1.59. The van der Waals surface area contributed by atoms with Crippen molar-refractivity contribution >= 4 is 6.29 Å². The molecule has 0 aromatic rings. The van der Waals surface area contributed by atoms with Gasteiger partial charge in [0, 0.05) is 6.42 Å². The normalized spacial score (nSPS) is 10.6. The lowest BCUT2D eigenvalue weighted by Crippen LogP contribution is -1.74. The minimum absolute atomic E-state index is 0.452. The molecule has 0 saturated carbocycles. The van der Waals surface area contributed by atoms with Crippen LogP contribution in [0.2, 0.25) is 0 Å². The van der Waals surface area contributed by atoms with Crippen LogP contribution in [-0.2, 0) is 4.79 Å². The topological polar surface area (TPSA) is 17.1 Å². The lowest BCUT2D eigenvalue weighted by atomic mass is 10.1. The fourth-order valence-corrected chi connectivity index (χ4v) is 0.938. The van der Waals surface area contributed by atoms with Gasteiger partial charge in [0.2, 0.25) is 6.29 Å². The molecule has 1 radical (unpaired) electrons. The van der Waals surface area contributed by atoms with Crippen molar-refractivity contribution in [2.24, 2.45) is 0 Å². The van der Waals surface area contributed by atoms with Gasteiger partial charge in [-0.3, -0.25) is 4.79 Å². The molecule has 0 N–H and O–H groups in total. The van der Waals surface area contributed by atoms with Gasteiger partial charge >= 0.3 is 0 Å². The summed E-state index contributed by atoms with van der Waals surface area (Å²) in [6.07, 6.45) is 12.5. The van der Waals surface area contributed by atoms with E-state index in [0.29, 0.717) is 6.42 Å². The summed E-state index contributed by atoms with van der Waals surface area (Å²) >= 11 is 0. The quantitative estimate of drug-likeness (QED) is 0.406. The predicted molar refractivity (Wildman–Crippen MR) is 48.2 cm³/mol. The first-order valence-electron chi connectivity index (χ1n) is 4.41. The van der Waals surface area contributed by atoms with Crippen LogP contribution in [0.25, 0.3) is 0 Å². The van der Waals surface area contributed by atoms with E-state index in [1.54, 1.807) is 0 Å². The van der Waals surface area contributed by atoms with Crippen LogP contribution in [-0.4, -0.2) is 6.29 Å². The first-order valence-corrected chi connectivity index (χ1v) is 4.41. The number of carbonyl (C=O) groups excluding carboxylic acids is 1. The Bertz CT molecular complexity index is 105. The molecule has 0 saturated heterocycles. The van der Waals surface area contributed by atoms with Gasteiger partial charge in [-0.2, -0.15) is 0 Å². The van der Waals surface area contributed by atoms with Crippen molar-refractivity contribution in [1.82, 2.24) is 0 Å². The van der Waals surface area contributed by atoms with Crippen LogP contribution in [0.15, 0.2) is 12.2 Å². The van der Waals surface area contributed by atoms with Gasteiger partial charge in [-0.15, -0.1) is 0 Å². The van der Waals surface area contributed by atoms with E-state index in [-0.39, 0.29) is 0 Å². The molecule has 0 aromatic heterocycles. The molecule has 0 spiro atoms. The summed E-state index contributed by atoms with van der Waals surface area (Å²) in [5.74, 6) is 0. The molecule has 0 bridgehead atoms. The maximum absolute atomic E-state index is 9.76. The molecule has 0 rings (SSSR count). The Balaban J connectivity index is 2.94. The zero-order chi connectivity index (χ0) is 8.36. The Morgan fingerprint density at radius 3 is 2.64 bits per heavy atom. The number of rotatable bonds is 7. The highest BCUT2D eigenvalue weighted by atomic mass is 16.1. The summed E-state index contributed by atoms with van der Waals surface area (Å²) in [5.41, 5.74) is 0. The molecule has 0 amide bonds. The zero-order valence-corrected chi connectivity index (χ0v) is 7.31. The average molecular weight is 153 g/mol. The monoisotopic (exact) mass is 153 g/mol. The molecular weight excluding hydrogens is 136 g/mol. The first-order chi connectivity index (χ1) is 5.41. The van der Waals surface area contributed by atoms with Crippen molar-refractivity contribution in [3.05, 3.63) is 12.2 Å². The van der Waals surface area contributed by atoms with Crippen LogP contribution in [0.5, 0.6) is 0 Å². The van der Waals surface area contributed by atoms with Crippen molar-refractivity contribution in [2.75, 3.05) is 0 Å². The SMILES string of the molecule is CCCCCC/C=C\C[C]=O. The van der Waals surface area contributed by atoms with Gasteiger partial charge in [0.15, 0.2) is 0 Å². The van der Waals surface area contributed by atoms with Gasteiger partial charge in [0.05, 0.1) is 0 Å². The van der Waals surface area contributed by atoms with Gasteiger partial charge in [-0.25, -0.2) is 0 Å². The highest BCUT2D eigenvalue weighted by Crippen LogP contribution is 2.02. The van der Waals surface area contributed by atoms with E-state index in [9.17, 15) is 4.79 Å². The molecule has 0 aliphatic carbocycles. The summed E-state index contributed by atoms with van der Waals surface area (Å²) < 4.78 is 0. The molecular formula is C10H17O. The second kappa shape index (κ2) is 9.41. The molecule has 1 heteroatoms. The van der Waals surface area contributed by atoms with Crippen molar-refractivity contribution in [2.45, 2.75) is 45.4 Å². The molecule has 63 valence electrons. The molecule has 0 heterocycles. The van der Waals surface area contributed by atoms with E-state index in [2.05, 4.69) is 13.0 Å². The third kappa shape index (κ3) is 9.41. The molecule has 0 aromatic carbocycles. The Labute approximate surface area is 69.5 Å². The Morgan fingerprint density at radius 2 is 2.00 bits per heavy atom. The van der Waals surface area contributed by atoms with E-state index < -0.39 is 0 Å². The first kappa shape index (κ1) is 10.4. The zero-order valence-electron chi connectivity index (χ0n) is 7.31. The van der Waals surface area contributed by atoms with E-state index in [1.165, 1.54) is 25.7 Å². The molecule has 1 nitrogen and oxygen atoms in total.